The Labute approximate surface area is 154 Å². The number of aryl methyl sites for hydroxylation is 1. The van der Waals surface area contributed by atoms with Crippen LogP contribution in [0.3, 0.4) is 0 Å². The van der Waals surface area contributed by atoms with Gasteiger partial charge in [0.1, 0.15) is 22.9 Å². The van der Waals surface area contributed by atoms with E-state index in [1.165, 1.54) is 11.3 Å². The van der Waals surface area contributed by atoms with E-state index < -0.39 is 5.91 Å². The molecule has 0 bridgehead atoms. The predicted molar refractivity (Wildman–Crippen MR) is 103 cm³/mol. The van der Waals surface area contributed by atoms with Crippen molar-refractivity contribution < 1.29 is 9.53 Å². The summed E-state index contributed by atoms with van der Waals surface area (Å²) < 4.78 is 7.91. The number of carbonyl (C=O) groups is 1. The highest BCUT2D eigenvalue weighted by Crippen LogP contribution is 2.36. The van der Waals surface area contributed by atoms with Crippen LogP contribution in [-0.2, 0) is 6.61 Å². The molecule has 130 valence electrons. The van der Waals surface area contributed by atoms with Crippen LogP contribution in [0.5, 0.6) is 5.75 Å². The van der Waals surface area contributed by atoms with Gasteiger partial charge in [-0.1, -0.05) is 30.3 Å². The quantitative estimate of drug-likeness (QED) is 0.581. The normalized spacial score (nSPS) is 11.0. The predicted octanol–water partition coefficient (Wildman–Crippen LogP) is 4.05. The Hall–Kier alpha value is -3.12. The lowest BCUT2D eigenvalue weighted by atomic mass is 10.1. The molecular formula is C20H17N3O2S. The van der Waals surface area contributed by atoms with Gasteiger partial charge in [0.2, 0.25) is 0 Å². The zero-order valence-corrected chi connectivity index (χ0v) is 15.0. The molecule has 1 amide bonds. The lowest BCUT2D eigenvalue weighted by molar-refractivity contribution is 0.1000. The Morgan fingerprint density at radius 1 is 1.23 bits per heavy atom. The molecule has 0 unspecified atom stereocenters. The van der Waals surface area contributed by atoms with Crippen molar-refractivity contribution in [1.29, 1.82) is 0 Å². The third kappa shape index (κ3) is 2.95. The molecule has 0 aliphatic carbocycles. The molecule has 0 atom stereocenters. The molecule has 1 aromatic carbocycles. The molecule has 0 spiro atoms. The van der Waals surface area contributed by atoms with Gasteiger partial charge in [-0.15, -0.1) is 11.3 Å². The number of ether oxygens (including phenoxy) is 1. The number of benzene rings is 1. The van der Waals surface area contributed by atoms with E-state index in [1.54, 1.807) is 6.20 Å². The Morgan fingerprint density at radius 3 is 2.85 bits per heavy atom. The molecule has 4 aromatic rings. The monoisotopic (exact) mass is 363 g/mol. The van der Waals surface area contributed by atoms with Crippen molar-refractivity contribution in [3.63, 3.8) is 0 Å². The molecule has 0 aliphatic heterocycles. The number of nitrogens with two attached hydrogens (primary N) is 1. The molecule has 0 radical (unpaired) electrons. The molecule has 0 fully saturated rings. The van der Waals surface area contributed by atoms with Crippen LogP contribution in [0, 0.1) is 6.92 Å². The minimum atomic E-state index is -0.491. The minimum absolute atomic E-state index is 0.385. The first-order valence-corrected chi connectivity index (χ1v) is 8.98. The van der Waals surface area contributed by atoms with Gasteiger partial charge in [-0.05, 0) is 30.2 Å². The first kappa shape index (κ1) is 16.4. The van der Waals surface area contributed by atoms with Gasteiger partial charge in [0.25, 0.3) is 5.91 Å². The van der Waals surface area contributed by atoms with E-state index in [0.29, 0.717) is 17.2 Å². The summed E-state index contributed by atoms with van der Waals surface area (Å²) in [6.45, 7) is 2.42. The van der Waals surface area contributed by atoms with Gasteiger partial charge in [0, 0.05) is 12.3 Å². The number of carbonyl (C=O) groups excluding carboxylic acids is 1. The van der Waals surface area contributed by atoms with E-state index in [1.807, 2.05) is 66.1 Å². The van der Waals surface area contributed by atoms with Gasteiger partial charge in [-0.2, -0.15) is 0 Å². The fourth-order valence-electron chi connectivity index (χ4n) is 2.82. The van der Waals surface area contributed by atoms with Crippen molar-refractivity contribution >= 4 is 22.9 Å². The van der Waals surface area contributed by atoms with Crippen LogP contribution < -0.4 is 10.5 Å². The summed E-state index contributed by atoms with van der Waals surface area (Å²) in [5.74, 6) is 0.0153. The SMILES string of the molecule is Cc1ccccc1COc1cc(-c2cnc3ccccn23)sc1C(N)=O. The van der Waals surface area contributed by atoms with Crippen LogP contribution in [0.25, 0.3) is 16.2 Å². The molecule has 26 heavy (non-hydrogen) atoms. The van der Waals surface area contributed by atoms with E-state index in [9.17, 15) is 4.79 Å². The van der Waals surface area contributed by atoms with Gasteiger partial charge in [0.05, 0.1) is 16.8 Å². The number of hydrogen-bond donors (Lipinski definition) is 1. The van der Waals surface area contributed by atoms with Crippen molar-refractivity contribution in [2.45, 2.75) is 13.5 Å². The first-order chi connectivity index (χ1) is 12.6. The van der Waals surface area contributed by atoms with Gasteiger partial charge in [0.15, 0.2) is 0 Å². The molecule has 6 heteroatoms. The maximum atomic E-state index is 11.9. The topological polar surface area (TPSA) is 69.6 Å². The van der Waals surface area contributed by atoms with Crippen molar-refractivity contribution in [2.75, 3.05) is 0 Å². The van der Waals surface area contributed by atoms with E-state index in [0.717, 1.165) is 27.3 Å². The molecule has 0 saturated carbocycles. The number of primary amides is 1. The van der Waals surface area contributed by atoms with Crippen LogP contribution in [0.15, 0.2) is 60.9 Å². The van der Waals surface area contributed by atoms with E-state index in [-0.39, 0.29) is 0 Å². The standard InChI is InChI=1S/C20H17N3O2S/c1-13-6-2-3-7-14(13)12-25-16-10-17(26-19(16)20(21)24)15-11-22-18-8-4-5-9-23(15)18/h2-11H,12H2,1H3,(H2,21,24). The second kappa shape index (κ2) is 6.65. The number of fused-ring (bicyclic) bond motifs is 1. The van der Waals surface area contributed by atoms with Crippen LogP contribution >= 0.6 is 11.3 Å². The summed E-state index contributed by atoms with van der Waals surface area (Å²) in [7, 11) is 0. The summed E-state index contributed by atoms with van der Waals surface area (Å²) in [5, 5.41) is 0. The number of hydrogen-bond acceptors (Lipinski definition) is 4. The fraction of sp³-hybridized carbons (Fsp3) is 0.100. The molecule has 4 rings (SSSR count). The van der Waals surface area contributed by atoms with Crippen molar-refractivity contribution in [2.24, 2.45) is 5.73 Å². The number of thiophene rings is 1. The second-order valence-corrected chi connectivity index (χ2v) is 7.01. The lowest BCUT2D eigenvalue weighted by Gasteiger charge is -2.08. The largest absolute Gasteiger partial charge is 0.487 e. The Kier molecular flexibility index (Phi) is 4.18. The summed E-state index contributed by atoms with van der Waals surface area (Å²) in [6, 6.07) is 15.7. The Morgan fingerprint density at radius 2 is 2.04 bits per heavy atom. The Bertz CT molecular complexity index is 1100. The Balaban J connectivity index is 1.69. The molecule has 3 heterocycles. The average Bonchev–Trinajstić information content (AvgIpc) is 3.25. The van der Waals surface area contributed by atoms with Crippen LogP contribution in [0.2, 0.25) is 0 Å². The molecule has 0 saturated heterocycles. The number of nitrogens with zero attached hydrogens (tertiary/aromatic N) is 2. The van der Waals surface area contributed by atoms with Gasteiger partial charge < -0.3 is 10.5 Å². The maximum Gasteiger partial charge on any atom is 0.262 e. The summed E-state index contributed by atoms with van der Waals surface area (Å²) in [6.07, 6.45) is 3.73. The van der Waals surface area contributed by atoms with Gasteiger partial charge in [-0.25, -0.2) is 4.98 Å². The zero-order chi connectivity index (χ0) is 18.1. The molecular weight excluding hydrogens is 346 g/mol. The molecule has 0 aliphatic rings. The second-order valence-electron chi connectivity index (χ2n) is 5.96. The lowest BCUT2D eigenvalue weighted by Crippen LogP contribution is -2.10. The molecule has 5 nitrogen and oxygen atoms in total. The number of amides is 1. The number of imidazole rings is 1. The van der Waals surface area contributed by atoms with E-state index in [4.69, 9.17) is 10.5 Å². The first-order valence-electron chi connectivity index (χ1n) is 8.17. The minimum Gasteiger partial charge on any atom is -0.487 e. The van der Waals surface area contributed by atoms with Crippen LogP contribution in [0.4, 0.5) is 0 Å². The molecule has 2 N–H and O–H groups in total. The third-order valence-corrected chi connectivity index (χ3v) is 5.39. The highest BCUT2D eigenvalue weighted by Gasteiger charge is 2.18. The number of pyridine rings is 1. The number of rotatable bonds is 5. The van der Waals surface area contributed by atoms with Crippen molar-refractivity contribution in [1.82, 2.24) is 9.38 Å². The maximum absolute atomic E-state index is 11.9. The molecule has 3 aromatic heterocycles. The number of aromatic nitrogens is 2. The van der Waals surface area contributed by atoms with Gasteiger partial charge in [-0.3, -0.25) is 9.20 Å². The average molecular weight is 363 g/mol. The van der Waals surface area contributed by atoms with Crippen LogP contribution in [-0.4, -0.2) is 15.3 Å². The third-order valence-electron chi connectivity index (χ3n) is 4.24. The van der Waals surface area contributed by atoms with E-state index in [2.05, 4.69) is 4.98 Å². The smallest absolute Gasteiger partial charge is 0.262 e. The summed E-state index contributed by atoms with van der Waals surface area (Å²) >= 11 is 1.32. The zero-order valence-electron chi connectivity index (χ0n) is 14.2. The summed E-state index contributed by atoms with van der Waals surface area (Å²) in [4.78, 5) is 17.6. The van der Waals surface area contributed by atoms with Gasteiger partial charge >= 0.3 is 0 Å². The highest BCUT2D eigenvalue weighted by molar-refractivity contribution is 7.17. The van der Waals surface area contributed by atoms with Crippen molar-refractivity contribution in [3.05, 3.63) is 76.9 Å². The van der Waals surface area contributed by atoms with Crippen LogP contribution in [0.1, 0.15) is 20.8 Å². The van der Waals surface area contributed by atoms with Crippen molar-refractivity contribution in [3.8, 4) is 16.3 Å². The highest BCUT2D eigenvalue weighted by atomic mass is 32.1. The van der Waals surface area contributed by atoms with E-state index >= 15 is 0 Å². The summed E-state index contributed by atoms with van der Waals surface area (Å²) in [5.41, 5.74) is 9.53. The fourth-order valence-corrected chi connectivity index (χ4v) is 3.78.